The zero-order valence-electron chi connectivity index (χ0n) is 23.8. The quantitative estimate of drug-likeness (QED) is 0.259. The molecule has 216 valence electrons. The van der Waals surface area contributed by atoms with E-state index >= 15 is 0 Å². The third kappa shape index (κ3) is 7.66. The van der Waals surface area contributed by atoms with Crippen LogP contribution >= 0.6 is 0 Å². The van der Waals surface area contributed by atoms with Gasteiger partial charge in [0, 0.05) is 36.8 Å². The molecule has 0 aliphatic carbocycles. The van der Waals surface area contributed by atoms with Crippen LogP contribution in [0.15, 0.2) is 109 Å². The van der Waals surface area contributed by atoms with Gasteiger partial charge in [-0.2, -0.15) is 0 Å². The minimum Gasteiger partial charge on any atom is -0.494 e. The number of urea groups is 1. The Morgan fingerprint density at radius 3 is 2.36 bits per heavy atom. The van der Waals surface area contributed by atoms with Crippen molar-refractivity contribution in [3.8, 4) is 5.75 Å². The molecule has 1 heterocycles. The number of benzene rings is 3. The van der Waals surface area contributed by atoms with Crippen molar-refractivity contribution in [2.24, 2.45) is 0 Å². The van der Waals surface area contributed by atoms with E-state index in [1.807, 2.05) is 97.0 Å². The van der Waals surface area contributed by atoms with Gasteiger partial charge in [-0.05, 0) is 47.9 Å². The highest BCUT2D eigenvalue weighted by molar-refractivity contribution is 6.01. The molecule has 0 saturated carbocycles. The van der Waals surface area contributed by atoms with Crippen LogP contribution in [0.1, 0.15) is 30.5 Å². The van der Waals surface area contributed by atoms with Crippen molar-refractivity contribution in [1.82, 2.24) is 4.90 Å². The summed E-state index contributed by atoms with van der Waals surface area (Å²) in [6.45, 7) is 3.61. The average molecular weight is 567 g/mol. The molecule has 4 rings (SSSR count). The van der Waals surface area contributed by atoms with E-state index in [0.717, 1.165) is 16.7 Å². The lowest BCUT2D eigenvalue weighted by Gasteiger charge is -2.28. The molecule has 1 aliphatic heterocycles. The summed E-state index contributed by atoms with van der Waals surface area (Å²) in [7, 11) is 1.49. The molecule has 42 heavy (non-hydrogen) atoms. The van der Waals surface area contributed by atoms with E-state index in [1.165, 1.54) is 14.0 Å². The number of carbonyl (C=O) groups is 3. The third-order valence-electron chi connectivity index (χ3n) is 6.77. The van der Waals surface area contributed by atoms with Crippen LogP contribution in [0.25, 0.3) is 0 Å². The summed E-state index contributed by atoms with van der Waals surface area (Å²) < 4.78 is 5.55. The van der Waals surface area contributed by atoms with Crippen LogP contribution in [-0.4, -0.2) is 41.6 Å². The lowest BCUT2D eigenvalue weighted by molar-refractivity contribution is -0.138. The van der Waals surface area contributed by atoms with E-state index in [1.54, 1.807) is 23.1 Å². The molecule has 3 aromatic rings. The summed E-state index contributed by atoms with van der Waals surface area (Å²) in [6.07, 6.45) is 9.17. The Hall–Kier alpha value is -5.31. The summed E-state index contributed by atoms with van der Waals surface area (Å²) in [6, 6.07) is 21.2. The van der Waals surface area contributed by atoms with Crippen molar-refractivity contribution in [2.75, 3.05) is 29.2 Å². The number of methoxy groups -OCH3 is 1. The Balaban J connectivity index is 1.56. The van der Waals surface area contributed by atoms with Gasteiger partial charge in [0.1, 0.15) is 5.75 Å². The van der Waals surface area contributed by atoms with Crippen molar-refractivity contribution < 1.29 is 24.2 Å². The zero-order valence-corrected chi connectivity index (χ0v) is 23.8. The SMILES string of the molecule is COc1cc(N(CC2=CN(C(CC(=O)O)c3ccccc3)C=CC=C2)C(C)=O)ccc1NC(=O)Nc1ccccc1C. The van der Waals surface area contributed by atoms with Gasteiger partial charge >= 0.3 is 12.0 Å². The molecule has 0 saturated heterocycles. The molecular formula is C33H34N4O5. The average Bonchev–Trinajstić information content (AvgIpc) is 3.22. The highest BCUT2D eigenvalue weighted by Crippen LogP contribution is 2.32. The Bertz CT molecular complexity index is 1530. The van der Waals surface area contributed by atoms with Gasteiger partial charge in [-0.25, -0.2) is 4.79 Å². The fraction of sp³-hybridized carbons (Fsp3) is 0.182. The first-order chi connectivity index (χ1) is 20.2. The molecule has 3 amide bonds. The number of amides is 3. The molecule has 3 N–H and O–H groups in total. The smallest absolute Gasteiger partial charge is 0.323 e. The maximum absolute atomic E-state index is 12.8. The Morgan fingerprint density at radius 1 is 0.952 bits per heavy atom. The van der Waals surface area contributed by atoms with Crippen molar-refractivity contribution in [3.05, 3.63) is 120 Å². The van der Waals surface area contributed by atoms with Crippen LogP contribution in [-0.2, 0) is 9.59 Å². The highest BCUT2D eigenvalue weighted by atomic mass is 16.5. The summed E-state index contributed by atoms with van der Waals surface area (Å²) in [5, 5.41) is 15.2. The molecule has 0 radical (unpaired) electrons. The fourth-order valence-corrected chi connectivity index (χ4v) is 4.64. The Kier molecular flexibility index (Phi) is 9.78. The van der Waals surface area contributed by atoms with E-state index in [-0.39, 0.29) is 18.9 Å². The number of nitrogens with one attached hydrogen (secondary N) is 2. The van der Waals surface area contributed by atoms with Gasteiger partial charge in [0.2, 0.25) is 5.91 Å². The first-order valence-corrected chi connectivity index (χ1v) is 13.4. The molecule has 3 aromatic carbocycles. The highest BCUT2D eigenvalue weighted by Gasteiger charge is 2.22. The predicted octanol–water partition coefficient (Wildman–Crippen LogP) is 6.49. The molecule has 0 bridgehead atoms. The first-order valence-electron chi connectivity index (χ1n) is 13.4. The van der Waals surface area contributed by atoms with Crippen LogP contribution < -0.4 is 20.3 Å². The number of carboxylic acid groups (broad SMARTS) is 1. The van der Waals surface area contributed by atoms with Crippen LogP contribution in [0.4, 0.5) is 21.9 Å². The summed E-state index contributed by atoms with van der Waals surface area (Å²) in [5.41, 5.74) is 4.30. The van der Waals surface area contributed by atoms with Crippen LogP contribution in [0.3, 0.4) is 0 Å². The number of allylic oxidation sites excluding steroid dienone is 2. The predicted molar refractivity (Wildman–Crippen MR) is 164 cm³/mol. The molecule has 0 fully saturated rings. The number of nitrogens with zero attached hydrogens (tertiary/aromatic N) is 2. The number of aliphatic carboxylic acids is 1. The number of aryl methyl sites for hydroxylation is 1. The lowest BCUT2D eigenvalue weighted by atomic mass is 10.0. The van der Waals surface area contributed by atoms with Gasteiger partial charge in [0.25, 0.3) is 0 Å². The number of ether oxygens (including phenoxy) is 1. The summed E-state index contributed by atoms with van der Waals surface area (Å²) in [4.78, 5) is 40.7. The van der Waals surface area contributed by atoms with Crippen molar-refractivity contribution in [3.63, 3.8) is 0 Å². The summed E-state index contributed by atoms with van der Waals surface area (Å²) >= 11 is 0. The second kappa shape index (κ2) is 13.8. The molecule has 9 nitrogen and oxygen atoms in total. The molecule has 9 heteroatoms. The Labute approximate surface area is 245 Å². The van der Waals surface area contributed by atoms with Crippen LogP contribution in [0, 0.1) is 6.92 Å². The third-order valence-corrected chi connectivity index (χ3v) is 6.77. The first kappa shape index (κ1) is 29.7. The number of hydrogen-bond donors (Lipinski definition) is 3. The minimum absolute atomic E-state index is 0.0996. The molecule has 0 aromatic heterocycles. The number of carboxylic acids is 1. The van der Waals surface area contributed by atoms with E-state index in [4.69, 9.17) is 4.74 Å². The van der Waals surface area contributed by atoms with Gasteiger partial charge < -0.3 is 30.3 Å². The second-order valence-electron chi connectivity index (χ2n) is 9.76. The van der Waals surface area contributed by atoms with Gasteiger partial charge in [-0.1, -0.05) is 60.7 Å². The standard InChI is InChI=1S/C33H34N4O5/c1-23-11-7-8-15-28(23)34-33(41)35-29-17-16-27(19-31(29)42-3)37(24(2)38)22-25-12-9-10-18-36(21-25)30(20-32(39)40)26-13-5-4-6-14-26/h4-19,21,30H,20,22H2,1-3H3,(H,39,40)(H2,34,35,41). The van der Waals surface area contributed by atoms with E-state index in [2.05, 4.69) is 10.6 Å². The van der Waals surface area contributed by atoms with Gasteiger partial charge in [0.05, 0.1) is 31.8 Å². The number of carbonyl (C=O) groups excluding carboxylic acids is 2. The molecule has 1 atom stereocenters. The normalized spacial score (nSPS) is 13.0. The number of hydrogen-bond acceptors (Lipinski definition) is 5. The van der Waals surface area contributed by atoms with E-state index < -0.39 is 18.0 Å². The fourth-order valence-electron chi connectivity index (χ4n) is 4.64. The van der Waals surface area contributed by atoms with Crippen molar-refractivity contribution >= 4 is 35.0 Å². The largest absolute Gasteiger partial charge is 0.494 e. The molecule has 1 unspecified atom stereocenters. The topological polar surface area (TPSA) is 111 Å². The van der Waals surface area contributed by atoms with Gasteiger partial charge in [0.15, 0.2) is 0 Å². The number of para-hydroxylation sites is 1. The summed E-state index contributed by atoms with van der Waals surface area (Å²) in [5.74, 6) is -0.723. The van der Waals surface area contributed by atoms with Crippen molar-refractivity contribution in [1.29, 1.82) is 0 Å². The maximum atomic E-state index is 12.8. The van der Waals surface area contributed by atoms with E-state index in [9.17, 15) is 19.5 Å². The monoisotopic (exact) mass is 566 g/mol. The Morgan fingerprint density at radius 2 is 1.67 bits per heavy atom. The van der Waals surface area contributed by atoms with Gasteiger partial charge in [-0.15, -0.1) is 0 Å². The van der Waals surface area contributed by atoms with Crippen LogP contribution in [0.2, 0.25) is 0 Å². The molecule has 0 spiro atoms. The van der Waals surface area contributed by atoms with Crippen molar-refractivity contribution in [2.45, 2.75) is 26.3 Å². The number of rotatable bonds is 10. The van der Waals surface area contributed by atoms with Gasteiger partial charge in [-0.3, -0.25) is 9.59 Å². The molecule has 1 aliphatic rings. The number of anilines is 3. The minimum atomic E-state index is -0.914. The zero-order chi connectivity index (χ0) is 30.1. The molecular weight excluding hydrogens is 532 g/mol. The second-order valence-corrected chi connectivity index (χ2v) is 9.76. The lowest BCUT2D eigenvalue weighted by Crippen LogP contribution is -2.31. The van der Waals surface area contributed by atoms with Crippen LogP contribution in [0.5, 0.6) is 5.75 Å². The van der Waals surface area contributed by atoms with E-state index in [0.29, 0.717) is 22.8 Å². The maximum Gasteiger partial charge on any atom is 0.323 e.